The number of hydrogen-bond donors (Lipinski definition) is 0. The van der Waals surface area contributed by atoms with Crippen molar-refractivity contribution in [3.05, 3.63) is 12.2 Å². The lowest BCUT2D eigenvalue weighted by Crippen LogP contribution is -2.34. The molecule has 0 heterocycles. The monoisotopic (exact) mass is 138 g/mol. The summed E-state index contributed by atoms with van der Waals surface area (Å²) in [6.45, 7) is 2.88. The van der Waals surface area contributed by atoms with Gasteiger partial charge in [0.2, 0.25) is 0 Å². The highest BCUT2D eigenvalue weighted by atomic mass is 15.3. The van der Waals surface area contributed by atoms with Crippen molar-refractivity contribution in [2.24, 2.45) is 0 Å². The average molecular weight is 138 g/mol. The van der Waals surface area contributed by atoms with Gasteiger partial charge in [-0.05, 0) is 18.9 Å². The minimum atomic E-state index is 0.907. The fourth-order valence-corrected chi connectivity index (χ4v) is 0.425. The second kappa shape index (κ2) is 4.14. The zero-order valence-electron chi connectivity index (χ0n) is 7.31. The molecular weight excluding hydrogens is 122 g/mol. The van der Waals surface area contributed by atoms with Gasteiger partial charge in [-0.1, -0.05) is 12.0 Å². The van der Waals surface area contributed by atoms with Crippen LogP contribution in [0.1, 0.15) is 6.92 Å². The maximum Gasteiger partial charge on any atom is 0.140 e. The molecule has 0 atom stereocenters. The van der Waals surface area contributed by atoms with E-state index in [0.29, 0.717) is 0 Å². The fraction of sp³-hybridized carbons (Fsp3) is 0.556. The molecule has 0 saturated heterocycles. The van der Waals surface area contributed by atoms with E-state index in [1.54, 1.807) is 0 Å². The average Bonchev–Trinajstić information content (AvgIpc) is 1.78. The normalized spacial score (nSPS) is 11.2. The third kappa shape index (κ3) is 7.26. The van der Waals surface area contributed by atoms with Gasteiger partial charge in [0.25, 0.3) is 0 Å². The summed E-state index contributed by atoms with van der Waals surface area (Å²) >= 11 is 0. The molecule has 10 heavy (non-hydrogen) atoms. The molecule has 56 valence electrons. The van der Waals surface area contributed by atoms with Gasteiger partial charge in [-0.15, -0.1) is 0 Å². The third-order valence-corrected chi connectivity index (χ3v) is 0.905. The van der Waals surface area contributed by atoms with Crippen LogP contribution in [0.3, 0.4) is 0 Å². The van der Waals surface area contributed by atoms with Crippen LogP contribution >= 0.6 is 0 Å². The van der Waals surface area contributed by atoms with E-state index >= 15 is 0 Å². The largest absolute Gasteiger partial charge is 0.321 e. The van der Waals surface area contributed by atoms with E-state index < -0.39 is 0 Å². The number of rotatable bonds is 1. The molecule has 0 aromatic rings. The van der Waals surface area contributed by atoms with Crippen LogP contribution in [-0.4, -0.2) is 32.2 Å². The molecule has 1 nitrogen and oxygen atoms in total. The molecule has 0 unspecified atom stereocenters. The Morgan fingerprint density at radius 2 is 1.90 bits per heavy atom. The first-order valence-corrected chi connectivity index (χ1v) is 3.46. The molecule has 0 bridgehead atoms. The Kier molecular flexibility index (Phi) is 3.83. The molecule has 0 aliphatic rings. The molecule has 0 saturated carbocycles. The van der Waals surface area contributed by atoms with Crippen LogP contribution < -0.4 is 0 Å². The first kappa shape index (κ1) is 9.26. The van der Waals surface area contributed by atoms with Crippen molar-refractivity contribution in [2.45, 2.75) is 6.92 Å². The van der Waals surface area contributed by atoms with E-state index in [-0.39, 0.29) is 0 Å². The van der Waals surface area contributed by atoms with Crippen LogP contribution in [0.25, 0.3) is 0 Å². The van der Waals surface area contributed by atoms with E-state index in [4.69, 9.17) is 0 Å². The summed E-state index contributed by atoms with van der Waals surface area (Å²) in [6.07, 6.45) is 3.82. The van der Waals surface area contributed by atoms with Crippen LogP contribution in [0.4, 0.5) is 0 Å². The predicted octanol–water partition coefficient (Wildman–Crippen LogP) is 1.27. The smallest absolute Gasteiger partial charge is 0.140 e. The van der Waals surface area contributed by atoms with Gasteiger partial charge in [0, 0.05) is 0 Å². The lowest BCUT2D eigenvalue weighted by Gasteiger charge is -2.19. The van der Waals surface area contributed by atoms with Crippen molar-refractivity contribution < 1.29 is 4.48 Å². The Morgan fingerprint density at radius 1 is 1.30 bits per heavy atom. The fourth-order valence-electron chi connectivity index (χ4n) is 0.425. The second-order valence-corrected chi connectivity index (χ2v) is 3.27. The minimum absolute atomic E-state index is 0.907. The maximum absolute atomic E-state index is 3.06. The van der Waals surface area contributed by atoms with E-state index in [0.717, 1.165) is 11.0 Å². The lowest BCUT2D eigenvalue weighted by molar-refractivity contribution is -0.862. The quantitative estimate of drug-likeness (QED) is 0.378. The molecule has 0 radical (unpaired) electrons. The summed E-state index contributed by atoms with van der Waals surface area (Å²) in [5.74, 6) is 6.01. The van der Waals surface area contributed by atoms with Gasteiger partial charge in [-0.25, -0.2) is 0 Å². The molecule has 0 rings (SSSR count). The predicted molar refractivity (Wildman–Crippen MR) is 45.5 cm³/mol. The second-order valence-electron chi connectivity index (χ2n) is 3.27. The molecule has 0 N–H and O–H groups in total. The standard InChI is InChI=1S/C9H16N/c1-5-6-7-8-9-10(2,3)4/h5-6H,9H2,1-4H3/q+1. The topological polar surface area (TPSA) is 0 Å². The van der Waals surface area contributed by atoms with Crippen LogP contribution in [0.5, 0.6) is 0 Å². The third-order valence-electron chi connectivity index (χ3n) is 0.905. The van der Waals surface area contributed by atoms with E-state index in [1.165, 1.54) is 0 Å². The zero-order valence-corrected chi connectivity index (χ0v) is 7.31. The number of hydrogen-bond acceptors (Lipinski definition) is 0. The molecule has 1 heteroatoms. The Bertz CT molecular complexity index is 161. The zero-order chi connectivity index (χ0) is 8.04. The van der Waals surface area contributed by atoms with E-state index in [2.05, 4.69) is 33.0 Å². The van der Waals surface area contributed by atoms with Gasteiger partial charge in [-0.2, -0.15) is 0 Å². The Labute approximate surface area is 63.9 Å². The summed E-state index contributed by atoms with van der Waals surface area (Å²) in [6, 6.07) is 0. The lowest BCUT2D eigenvalue weighted by atomic mass is 10.4. The van der Waals surface area contributed by atoms with Crippen molar-refractivity contribution in [3.63, 3.8) is 0 Å². The van der Waals surface area contributed by atoms with Gasteiger partial charge in [0.1, 0.15) is 6.54 Å². The summed E-state index contributed by atoms with van der Waals surface area (Å²) in [7, 11) is 6.39. The molecular formula is C9H16N+. The first-order chi connectivity index (χ1) is 4.56. The van der Waals surface area contributed by atoms with E-state index in [1.807, 2.05) is 19.1 Å². The first-order valence-electron chi connectivity index (χ1n) is 3.46. The highest BCUT2D eigenvalue weighted by Gasteiger charge is 2.00. The molecule has 0 aliphatic carbocycles. The van der Waals surface area contributed by atoms with Crippen LogP contribution in [0, 0.1) is 11.8 Å². The van der Waals surface area contributed by atoms with E-state index in [9.17, 15) is 0 Å². The molecule has 0 aromatic heterocycles. The van der Waals surface area contributed by atoms with Gasteiger partial charge < -0.3 is 4.48 Å². The molecule has 0 amide bonds. The Morgan fingerprint density at radius 3 is 2.30 bits per heavy atom. The van der Waals surface area contributed by atoms with Gasteiger partial charge in [-0.3, -0.25) is 0 Å². The number of allylic oxidation sites excluding steroid dienone is 2. The number of quaternary nitrogens is 1. The molecule has 0 aromatic carbocycles. The van der Waals surface area contributed by atoms with Crippen molar-refractivity contribution in [2.75, 3.05) is 27.7 Å². The summed E-state index contributed by atoms with van der Waals surface area (Å²) in [4.78, 5) is 0. The van der Waals surface area contributed by atoms with Crippen molar-refractivity contribution in [1.82, 2.24) is 0 Å². The van der Waals surface area contributed by atoms with Crippen LogP contribution in [0.15, 0.2) is 12.2 Å². The molecule has 0 spiro atoms. The van der Waals surface area contributed by atoms with Crippen molar-refractivity contribution >= 4 is 0 Å². The van der Waals surface area contributed by atoms with Crippen LogP contribution in [-0.2, 0) is 0 Å². The maximum atomic E-state index is 3.06. The summed E-state index contributed by atoms with van der Waals surface area (Å²) in [5.41, 5.74) is 0. The van der Waals surface area contributed by atoms with Crippen LogP contribution in [0.2, 0.25) is 0 Å². The molecule has 0 fully saturated rings. The summed E-state index contributed by atoms with van der Waals surface area (Å²) in [5, 5.41) is 0. The van der Waals surface area contributed by atoms with Gasteiger partial charge >= 0.3 is 0 Å². The van der Waals surface area contributed by atoms with Gasteiger partial charge in [0.05, 0.1) is 21.1 Å². The summed E-state index contributed by atoms with van der Waals surface area (Å²) < 4.78 is 0.907. The van der Waals surface area contributed by atoms with Gasteiger partial charge in [0.15, 0.2) is 0 Å². The van der Waals surface area contributed by atoms with Crippen molar-refractivity contribution in [3.8, 4) is 11.8 Å². The number of nitrogens with zero attached hydrogens (tertiary/aromatic N) is 1. The minimum Gasteiger partial charge on any atom is -0.321 e. The highest BCUT2D eigenvalue weighted by molar-refractivity contribution is 5.14. The molecule has 0 aliphatic heterocycles. The Hall–Kier alpha value is -0.740. The highest BCUT2D eigenvalue weighted by Crippen LogP contribution is 1.85. The Balaban J connectivity index is 3.67. The van der Waals surface area contributed by atoms with Crippen molar-refractivity contribution in [1.29, 1.82) is 0 Å². The SMILES string of the molecule is CC=CC#CC[N+](C)(C)C.